The number of rotatable bonds is 6. The molecule has 1 aromatic rings. The first kappa shape index (κ1) is 18.0. The number of nitrogens with one attached hydrogen (secondary N) is 1. The van der Waals surface area contributed by atoms with Crippen LogP contribution in [0.25, 0.3) is 0 Å². The van der Waals surface area contributed by atoms with Crippen LogP contribution in [0, 0.1) is 23.2 Å². The summed E-state index contributed by atoms with van der Waals surface area (Å²) in [5, 5.41) is 3.71. The number of amides is 1. The molecule has 5 rings (SSSR count). The highest BCUT2D eigenvalue weighted by Crippen LogP contribution is 2.60. The molecule has 4 nitrogen and oxygen atoms in total. The Morgan fingerprint density at radius 3 is 2.35 bits per heavy atom. The lowest BCUT2D eigenvalue weighted by atomic mass is 9.49. The Kier molecular flexibility index (Phi) is 4.81. The highest BCUT2D eigenvalue weighted by Gasteiger charge is 2.54. The van der Waals surface area contributed by atoms with E-state index in [0.29, 0.717) is 29.7 Å². The molecular formula is C21H28ClNO3. The first-order valence-electron chi connectivity index (χ1n) is 9.80. The molecule has 26 heavy (non-hydrogen) atoms. The van der Waals surface area contributed by atoms with Gasteiger partial charge in [-0.3, -0.25) is 4.79 Å². The van der Waals surface area contributed by atoms with Gasteiger partial charge in [0, 0.05) is 12.0 Å². The van der Waals surface area contributed by atoms with Crippen molar-refractivity contribution < 1.29 is 14.3 Å². The quantitative estimate of drug-likeness (QED) is 0.789. The third kappa shape index (κ3) is 3.17. The number of halogens is 1. The molecule has 1 N–H and O–H groups in total. The van der Waals surface area contributed by atoms with Gasteiger partial charge >= 0.3 is 0 Å². The van der Waals surface area contributed by atoms with Crippen LogP contribution in [0.4, 0.5) is 0 Å². The molecule has 142 valence electrons. The molecule has 1 amide bonds. The number of hydrogen-bond donors (Lipinski definition) is 1. The summed E-state index contributed by atoms with van der Waals surface area (Å²) in [6.07, 6.45) is 7.28. The van der Waals surface area contributed by atoms with Crippen LogP contribution in [-0.2, 0) is 11.3 Å². The summed E-state index contributed by atoms with van der Waals surface area (Å²) >= 11 is 6.35. The summed E-state index contributed by atoms with van der Waals surface area (Å²) < 4.78 is 11.0. The van der Waals surface area contributed by atoms with Gasteiger partial charge in [0.15, 0.2) is 11.5 Å². The molecule has 4 fully saturated rings. The Balaban J connectivity index is 1.46. The second-order valence-electron chi connectivity index (χ2n) is 8.42. The van der Waals surface area contributed by atoms with Crippen LogP contribution in [0.5, 0.6) is 11.5 Å². The topological polar surface area (TPSA) is 47.6 Å². The number of carbonyl (C=O) groups excluding carboxylic acids is 1. The van der Waals surface area contributed by atoms with Crippen molar-refractivity contribution in [3.63, 3.8) is 0 Å². The fourth-order valence-corrected chi connectivity index (χ4v) is 6.21. The number of benzene rings is 1. The Hall–Kier alpha value is -1.42. The zero-order valence-electron chi connectivity index (χ0n) is 15.6. The second-order valence-corrected chi connectivity index (χ2v) is 8.83. The molecule has 5 heteroatoms. The third-order valence-corrected chi connectivity index (χ3v) is 6.83. The van der Waals surface area contributed by atoms with Crippen molar-refractivity contribution in [3.8, 4) is 11.5 Å². The number of methoxy groups -OCH3 is 1. The molecule has 0 aliphatic heterocycles. The molecule has 4 bridgehead atoms. The Labute approximate surface area is 160 Å². The minimum atomic E-state index is -0.117. The molecule has 0 heterocycles. The molecule has 4 saturated carbocycles. The minimum absolute atomic E-state index is 0.117. The van der Waals surface area contributed by atoms with E-state index in [-0.39, 0.29) is 11.3 Å². The first-order valence-corrected chi connectivity index (χ1v) is 10.2. The molecule has 0 spiro atoms. The van der Waals surface area contributed by atoms with Gasteiger partial charge in [0.05, 0.1) is 18.7 Å². The molecule has 0 saturated heterocycles. The summed E-state index contributed by atoms with van der Waals surface area (Å²) in [5.74, 6) is 3.72. The van der Waals surface area contributed by atoms with E-state index in [4.69, 9.17) is 21.1 Å². The van der Waals surface area contributed by atoms with Gasteiger partial charge in [-0.25, -0.2) is 0 Å². The first-order chi connectivity index (χ1) is 12.5. The normalized spacial score (nSPS) is 31.7. The molecule has 4 aliphatic carbocycles. The van der Waals surface area contributed by atoms with E-state index in [2.05, 4.69) is 5.32 Å². The van der Waals surface area contributed by atoms with E-state index in [9.17, 15) is 4.79 Å². The van der Waals surface area contributed by atoms with Gasteiger partial charge < -0.3 is 14.8 Å². The summed E-state index contributed by atoms with van der Waals surface area (Å²) in [6, 6.07) is 3.76. The Bertz CT molecular complexity index is 667. The van der Waals surface area contributed by atoms with Crippen LogP contribution < -0.4 is 14.8 Å². The average Bonchev–Trinajstić information content (AvgIpc) is 2.60. The molecule has 0 aromatic heterocycles. The lowest BCUT2D eigenvalue weighted by Crippen LogP contribution is -2.53. The number of hydrogen-bond acceptors (Lipinski definition) is 3. The van der Waals surface area contributed by atoms with Gasteiger partial charge in [0.1, 0.15) is 0 Å². The van der Waals surface area contributed by atoms with E-state index in [1.165, 1.54) is 19.3 Å². The monoisotopic (exact) mass is 377 g/mol. The molecule has 4 aliphatic rings. The van der Waals surface area contributed by atoms with Gasteiger partial charge in [0.25, 0.3) is 0 Å². The summed E-state index contributed by atoms with van der Waals surface area (Å²) in [7, 11) is 1.60. The lowest BCUT2D eigenvalue weighted by Gasteiger charge is -2.55. The average molecular weight is 378 g/mol. The highest BCUT2D eigenvalue weighted by molar-refractivity contribution is 6.32. The molecule has 0 unspecified atom stereocenters. The molecule has 1 aromatic carbocycles. The number of carbonyl (C=O) groups is 1. The van der Waals surface area contributed by atoms with Crippen LogP contribution >= 0.6 is 11.6 Å². The van der Waals surface area contributed by atoms with E-state index in [1.807, 2.05) is 19.1 Å². The maximum atomic E-state index is 13.1. The van der Waals surface area contributed by atoms with Crippen LogP contribution in [0.15, 0.2) is 12.1 Å². The fourth-order valence-electron chi connectivity index (χ4n) is 5.92. The largest absolute Gasteiger partial charge is 0.493 e. The maximum absolute atomic E-state index is 13.1. The predicted molar refractivity (Wildman–Crippen MR) is 102 cm³/mol. The van der Waals surface area contributed by atoms with Crippen LogP contribution in [0.3, 0.4) is 0 Å². The van der Waals surface area contributed by atoms with Gasteiger partial charge in [-0.1, -0.05) is 11.6 Å². The van der Waals surface area contributed by atoms with Crippen LogP contribution in [-0.4, -0.2) is 19.6 Å². The standard InChI is InChI=1S/C21H28ClNO3/c1-3-26-19-17(22)7-16(8-18(19)25-2)12-23-20(24)21-9-13-4-14(10-21)6-15(5-13)11-21/h7-8,13-15H,3-6,9-12H2,1-2H3,(H,23,24). The van der Waals surface area contributed by atoms with Gasteiger partial charge in [0.2, 0.25) is 5.91 Å². The van der Waals surface area contributed by atoms with E-state index in [1.54, 1.807) is 7.11 Å². The molecular weight excluding hydrogens is 350 g/mol. The van der Waals surface area contributed by atoms with Crippen molar-refractivity contribution in [2.75, 3.05) is 13.7 Å². The summed E-state index contributed by atoms with van der Waals surface area (Å²) in [6.45, 7) is 2.91. The van der Waals surface area contributed by atoms with Crippen LogP contribution in [0.2, 0.25) is 5.02 Å². The van der Waals surface area contributed by atoms with Gasteiger partial charge in [-0.05, 0) is 80.9 Å². The summed E-state index contributed by atoms with van der Waals surface area (Å²) in [5.41, 5.74) is 0.821. The van der Waals surface area contributed by atoms with Gasteiger partial charge in [-0.2, -0.15) is 0 Å². The van der Waals surface area contributed by atoms with Crippen molar-refractivity contribution in [2.45, 2.75) is 52.0 Å². The van der Waals surface area contributed by atoms with Gasteiger partial charge in [-0.15, -0.1) is 0 Å². The van der Waals surface area contributed by atoms with Crippen molar-refractivity contribution >= 4 is 17.5 Å². The maximum Gasteiger partial charge on any atom is 0.226 e. The van der Waals surface area contributed by atoms with Crippen molar-refractivity contribution in [1.29, 1.82) is 0 Å². The smallest absolute Gasteiger partial charge is 0.226 e. The van der Waals surface area contributed by atoms with Crippen LogP contribution in [0.1, 0.15) is 51.0 Å². The zero-order valence-corrected chi connectivity index (χ0v) is 16.4. The van der Waals surface area contributed by atoms with Crippen molar-refractivity contribution in [1.82, 2.24) is 5.32 Å². The lowest BCUT2D eigenvalue weighted by molar-refractivity contribution is -0.146. The number of ether oxygens (including phenoxy) is 2. The summed E-state index contributed by atoms with van der Waals surface area (Å²) in [4.78, 5) is 13.1. The predicted octanol–water partition coefficient (Wildman–Crippen LogP) is 4.58. The minimum Gasteiger partial charge on any atom is -0.493 e. The van der Waals surface area contributed by atoms with E-state index in [0.717, 1.165) is 42.6 Å². The van der Waals surface area contributed by atoms with E-state index >= 15 is 0 Å². The Morgan fingerprint density at radius 1 is 1.19 bits per heavy atom. The third-order valence-electron chi connectivity index (χ3n) is 6.55. The Morgan fingerprint density at radius 2 is 1.81 bits per heavy atom. The zero-order chi connectivity index (χ0) is 18.3. The fraction of sp³-hybridized carbons (Fsp3) is 0.667. The van der Waals surface area contributed by atoms with Crippen molar-refractivity contribution in [3.05, 3.63) is 22.7 Å². The van der Waals surface area contributed by atoms with Crippen molar-refractivity contribution in [2.24, 2.45) is 23.2 Å². The molecule has 0 radical (unpaired) electrons. The second kappa shape index (κ2) is 6.95. The van der Waals surface area contributed by atoms with E-state index < -0.39 is 0 Å². The highest BCUT2D eigenvalue weighted by atomic mass is 35.5. The molecule has 0 atom stereocenters. The SMILES string of the molecule is CCOc1c(Cl)cc(CNC(=O)C23CC4CC(CC(C4)C2)C3)cc1OC.